The van der Waals surface area contributed by atoms with Gasteiger partial charge in [-0.2, -0.15) is 0 Å². The van der Waals surface area contributed by atoms with Gasteiger partial charge in [0.1, 0.15) is 5.60 Å². The Labute approximate surface area is 227 Å². The molecule has 4 fully saturated rings. The molecule has 1 aromatic rings. The summed E-state index contributed by atoms with van der Waals surface area (Å²) in [5, 5.41) is 12.2. The van der Waals surface area contributed by atoms with Gasteiger partial charge in [0.05, 0.1) is 18.8 Å². The van der Waals surface area contributed by atoms with Gasteiger partial charge in [-0.15, -0.1) is 6.42 Å². The zero-order chi connectivity index (χ0) is 26.8. The Morgan fingerprint density at radius 1 is 0.947 bits per heavy atom. The van der Waals surface area contributed by atoms with Crippen molar-refractivity contribution in [2.45, 2.75) is 87.5 Å². The lowest BCUT2D eigenvalue weighted by atomic mass is 9.49. The van der Waals surface area contributed by atoms with Crippen LogP contribution in [0.25, 0.3) is 0 Å². The average molecular weight is 523 g/mol. The van der Waals surface area contributed by atoms with Gasteiger partial charge in [0.25, 0.3) is 0 Å². The molecule has 206 valence electrons. The third kappa shape index (κ3) is 3.70. The summed E-state index contributed by atoms with van der Waals surface area (Å²) in [6, 6.07) is 8.72. The molecule has 1 N–H and O–H groups in total. The van der Waals surface area contributed by atoms with Crippen molar-refractivity contribution < 1.29 is 28.8 Å². The summed E-state index contributed by atoms with van der Waals surface area (Å²) in [6.07, 6.45) is 12.4. The van der Waals surface area contributed by atoms with Crippen molar-refractivity contribution in [3.8, 4) is 12.3 Å². The van der Waals surface area contributed by atoms with Gasteiger partial charge in [-0.25, -0.2) is 0 Å². The summed E-state index contributed by atoms with van der Waals surface area (Å²) in [4.78, 5) is 0. The number of allylic oxidation sites excluding steroid dienone is 1. The van der Waals surface area contributed by atoms with E-state index in [0.717, 1.165) is 50.5 Å². The van der Waals surface area contributed by atoms with Crippen LogP contribution < -0.4 is 0 Å². The van der Waals surface area contributed by atoms with Crippen LogP contribution in [0.2, 0.25) is 0 Å². The average Bonchev–Trinajstić information content (AvgIpc) is 3.58. The molecule has 3 saturated carbocycles. The molecule has 1 saturated heterocycles. The molecule has 0 bridgehead atoms. The van der Waals surface area contributed by atoms with Crippen LogP contribution in [0.3, 0.4) is 0 Å². The smallest absolute Gasteiger partial charge is 0.184 e. The van der Waals surface area contributed by atoms with Crippen molar-refractivity contribution in [1.29, 1.82) is 0 Å². The molecule has 0 aromatic heterocycles. The molecule has 1 heterocycles. The van der Waals surface area contributed by atoms with Crippen LogP contribution in [0.15, 0.2) is 35.4 Å². The van der Waals surface area contributed by atoms with Gasteiger partial charge in [0, 0.05) is 51.1 Å². The number of terminal acetylenes is 1. The summed E-state index contributed by atoms with van der Waals surface area (Å²) in [5.41, 5.74) is 3.31. The third-order valence-electron chi connectivity index (χ3n) is 11.1. The van der Waals surface area contributed by atoms with E-state index in [0.29, 0.717) is 31.5 Å². The molecule has 1 aliphatic heterocycles. The van der Waals surface area contributed by atoms with E-state index in [1.165, 1.54) is 16.7 Å². The standard InChI is InChI=1S/C32H42O6/c1-6-31(34-3)15-12-25-23-11-14-30(33)20-32(35-4,36-5)16-13-26(30)27(23)24(19-29(25,31)2)21-7-9-22(10-8-21)28-37-17-18-38-28/h1,7-10,23-25,28,33H,11-20H2,2-5H3/t23?,24-,25?,29+,30-,31+/m1/s1. The van der Waals surface area contributed by atoms with E-state index in [-0.39, 0.29) is 17.6 Å². The van der Waals surface area contributed by atoms with E-state index in [9.17, 15) is 5.11 Å². The number of fused-ring (bicyclic) bond motifs is 4. The summed E-state index contributed by atoms with van der Waals surface area (Å²) in [7, 11) is 5.16. The SMILES string of the molecule is C#C[C@]1(OC)CCC2C3CC[C@@]4(O)CC(OC)(OC)CCC4=C3[C@@H](c3ccc(C4OCCO4)cc3)C[C@@]21C. The van der Waals surface area contributed by atoms with E-state index in [4.69, 9.17) is 30.1 Å². The highest BCUT2D eigenvalue weighted by molar-refractivity contribution is 5.45. The minimum absolute atomic E-state index is 0.154. The molecule has 0 spiro atoms. The topological polar surface area (TPSA) is 66.4 Å². The van der Waals surface area contributed by atoms with E-state index in [1.807, 2.05) is 0 Å². The van der Waals surface area contributed by atoms with Gasteiger partial charge in [0.15, 0.2) is 12.1 Å². The summed E-state index contributed by atoms with van der Waals surface area (Å²) in [5.74, 6) is 3.33. The number of methoxy groups -OCH3 is 3. The fourth-order valence-corrected chi connectivity index (χ4v) is 9.06. The number of rotatable bonds is 5. The first-order valence-corrected chi connectivity index (χ1v) is 14.2. The first kappa shape index (κ1) is 26.5. The summed E-state index contributed by atoms with van der Waals surface area (Å²) < 4.78 is 29.3. The normalized spacial score (nSPS) is 40.4. The summed E-state index contributed by atoms with van der Waals surface area (Å²) >= 11 is 0. The Morgan fingerprint density at radius 2 is 1.63 bits per heavy atom. The van der Waals surface area contributed by atoms with Crippen molar-refractivity contribution in [3.63, 3.8) is 0 Å². The van der Waals surface area contributed by atoms with Gasteiger partial charge >= 0.3 is 0 Å². The Hall–Kier alpha value is -1.72. The number of hydrogen-bond acceptors (Lipinski definition) is 6. The molecule has 0 amide bonds. The van der Waals surface area contributed by atoms with Gasteiger partial charge in [-0.1, -0.05) is 42.7 Å². The maximum atomic E-state index is 12.2. The van der Waals surface area contributed by atoms with E-state index in [2.05, 4.69) is 37.1 Å². The molecular weight excluding hydrogens is 480 g/mol. The molecule has 2 unspecified atom stereocenters. The minimum Gasteiger partial charge on any atom is -0.385 e. The molecule has 6 rings (SSSR count). The lowest BCUT2D eigenvalue weighted by Gasteiger charge is -2.57. The Kier molecular flexibility index (Phi) is 6.58. The minimum atomic E-state index is -0.920. The first-order chi connectivity index (χ1) is 18.3. The second-order valence-corrected chi connectivity index (χ2v) is 12.3. The maximum absolute atomic E-state index is 12.2. The van der Waals surface area contributed by atoms with E-state index < -0.39 is 17.0 Å². The van der Waals surface area contributed by atoms with Crippen LogP contribution in [0.4, 0.5) is 0 Å². The largest absolute Gasteiger partial charge is 0.385 e. The van der Waals surface area contributed by atoms with E-state index >= 15 is 0 Å². The lowest BCUT2D eigenvalue weighted by Crippen LogP contribution is -2.56. The highest BCUT2D eigenvalue weighted by Crippen LogP contribution is 2.68. The number of aliphatic hydroxyl groups is 1. The van der Waals surface area contributed by atoms with Gasteiger partial charge in [-0.05, 0) is 61.5 Å². The summed E-state index contributed by atoms with van der Waals surface area (Å²) in [6.45, 7) is 3.61. The molecule has 4 aliphatic carbocycles. The predicted molar refractivity (Wildman–Crippen MR) is 143 cm³/mol. The first-order valence-electron chi connectivity index (χ1n) is 14.2. The maximum Gasteiger partial charge on any atom is 0.184 e. The van der Waals surface area contributed by atoms with Crippen molar-refractivity contribution in [1.82, 2.24) is 0 Å². The van der Waals surface area contributed by atoms with Gasteiger partial charge in [-0.3, -0.25) is 0 Å². The molecule has 6 heteroatoms. The Bertz CT molecular complexity index is 1130. The van der Waals surface area contributed by atoms with Crippen molar-refractivity contribution in [2.24, 2.45) is 17.3 Å². The molecule has 38 heavy (non-hydrogen) atoms. The fourth-order valence-electron chi connectivity index (χ4n) is 9.06. The monoisotopic (exact) mass is 522 g/mol. The van der Waals surface area contributed by atoms with Crippen LogP contribution >= 0.6 is 0 Å². The number of hydrogen-bond donors (Lipinski definition) is 1. The third-order valence-corrected chi connectivity index (χ3v) is 11.1. The molecular formula is C32H42O6. The van der Waals surface area contributed by atoms with Crippen LogP contribution in [0.5, 0.6) is 0 Å². The molecule has 1 aromatic carbocycles. The van der Waals surface area contributed by atoms with Gasteiger partial charge in [0.2, 0.25) is 0 Å². The quantitative estimate of drug-likeness (QED) is 0.323. The van der Waals surface area contributed by atoms with Crippen molar-refractivity contribution in [2.75, 3.05) is 34.5 Å². The van der Waals surface area contributed by atoms with E-state index in [1.54, 1.807) is 21.3 Å². The van der Waals surface area contributed by atoms with Crippen molar-refractivity contribution in [3.05, 3.63) is 46.5 Å². The lowest BCUT2D eigenvalue weighted by molar-refractivity contribution is -0.246. The zero-order valence-corrected chi connectivity index (χ0v) is 23.3. The van der Waals surface area contributed by atoms with Crippen LogP contribution in [-0.4, -0.2) is 56.6 Å². The van der Waals surface area contributed by atoms with Crippen LogP contribution in [0.1, 0.15) is 81.6 Å². The van der Waals surface area contributed by atoms with Crippen molar-refractivity contribution >= 4 is 0 Å². The second-order valence-electron chi connectivity index (χ2n) is 12.3. The second kappa shape index (κ2) is 9.44. The number of benzene rings is 1. The highest BCUT2D eigenvalue weighted by atomic mass is 16.7. The Balaban J connectivity index is 1.46. The number of ether oxygens (including phenoxy) is 5. The van der Waals surface area contributed by atoms with Gasteiger partial charge < -0.3 is 28.8 Å². The molecule has 5 aliphatic rings. The molecule has 0 radical (unpaired) electrons. The molecule has 6 nitrogen and oxygen atoms in total. The molecule has 6 atom stereocenters. The van der Waals surface area contributed by atoms with Crippen LogP contribution in [-0.2, 0) is 23.7 Å². The van der Waals surface area contributed by atoms with Crippen LogP contribution in [0, 0.1) is 29.6 Å². The predicted octanol–water partition coefficient (Wildman–Crippen LogP) is 5.26. The highest BCUT2D eigenvalue weighted by Gasteiger charge is 2.65. The zero-order valence-electron chi connectivity index (χ0n) is 23.3. The fraction of sp³-hybridized carbons (Fsp3) is 0.688. The Morgan fingerprint density at radius 3 is 2.26 bits per heavy atom.